The van der Waals surface area contributed by atoms with Gasteiger partial charge in [-0.3, -0.25) is 4.79 Å². The Morgan fingerprint density at radius 3 is 2.41 bits per heavy atom. The van der Waals surface area contributed by atoms with Crippen molar-refractivity contribution < 1.29 is 9.53 Å². The van der Waals surface area contributed by atoms with Crippen LogP contribution in [0.4, 0.5) is 0 Å². The Labute approximate surface area is 100 Å². The number of primary amides is 1. The molecule has 0 saturated carbocycles. The third kappa shape index (κ3) is 1.86. The molecule has 1 atom stereocenters. The third-order valence-electron chi connectivity index (χ3n) is 3.02. The summed E-state index contributed by atoms with van der Waals surface area (Å²) in [5.41, 5.74) is 11.9. The van der Waals surface area contributed by atoms with Crippen LogP contribution in [0.5, 0.6) is 0 Å². The van der Waals surface area contributed by atoms with Gasteiger partial charge in [0.2, 0.25) is 0 Å². The lowest BCUT2D eigenvalue weighted by Gasteiger charge is -2.27. The van der Waals surface area contributed by atoms with Crippen molar-refractivity contribution in [1.29, 1.82) is 0 Å². The Kier molecular flexibility index (Phi) is 2.58. The number of amides is 1. The Morgan fingerprint density at radius 2 is 1.88 bits per heavy atom. The summed E-state index contributed by atoms with van der Waals surface area (Å²) in [5.74, 6) is -0.612. The minimum absolute atomic E-state index is 0.136. The van der Waals surface area contributed by atoms with Crippen molar-refractivity contribution in [2.24, 2.45) is 11.5 Å². The van der Waals surface area contributed by atoms with E-state index >= 15 is 0 Å². The van der Waals surface area contributed by atoms with E-state index in [1.54, 1.807) is 0 Å². The first kappa shape index (κ1) is 11.5. The molecule has 0 saturated heterocycles. The molecule has 4 nitrogen and oxygen atoms in total. The van der Waals surface area contributed by atoms with Gasteiger partial charge in [0.15, 0.2) is 5.88 Å². The van der Waals surface area contributed by atoms with Crippen LogP contribution < -0.4 is 11.5 Å². The van der Waals surface area contributed by atoms with Gasteiger partial charge in [-0.1, -0.05) is 30.3 Å². The molecule has 1 amide bonds. The first-order chi connectivity index (χ1) is 7.93. The number of hydrogen-bond donors (Lipinski definition) is 2. The molecule has 0 radical (unpaired) electrons. The largest absolute Gasteiger partial charge is 0.472 e. The molecule has 17 heavy (non-hydrogen) atoms. The van der Waals surface area contributed by atoms with Crippen molar-refractivity contribution in [3.05, 3.63) is 47.4 Å². The molecule has 1 aromatic carbocycles. The molecule has 1 heterocycles. The van der Waals surface area contributed by atoms with E-state index < -0.39 is 11.5 Å². The Bertz CT molecular complexity index is 477. The van der Waals surface area contributed by atoms with E-state index in [0.717, 1.165) is 5.56 Å². The number of carbonyl (C=O) groups excluding carboxylic acids is 1. The molecule has 0 spiro atoms. The fourth-order valence-corrected chi connectivity index (χ4v) is 2.36. The summed E-state index contributed by atoms with van der Waals surface area (Å²) in [6, 6.07) is 9.63. The molecule has 2 rings (SSSR count). The van der Waals surface area contributed by atoms with Crippen LogP contribution in [-0.4, -0.2) is 11.5 Å². The summed E-state index contributed by atoms with van der Waals surface area (Å²) in [5, 5.41) is 0. The molecule has 1 aliphatic heterocycles. The maximum absolute atomic E-state index is 11.5. The summed E-state index contributed by atoms with van der Waals surface area (Å²) in [4.78, 5) is 11.5. The fourth-order valence-electron chi connectivity index (χ4n) is 2.36. The molecular formula is C13H16N2O2. The lowest BCUT2D eigenvalue weighted by Crippen LogP contribution is -2.30. The molecule has 1 aromatic rings. The summed E-state index contributed by atoms with van der Waals surface area (Å²) < 4.78 is 5.55. The predicted molar refractivity (Wildman–Crippen MR) is 64.8 cm³/mol. The second-order valence-electron chi connectivity index (χ2n) is 4.69. The van der Waals surface area contributed by atoms with E-state index in [-0.39, 0.29) is 11.8 Å². The van der Waals surface area contributed by atoms with Gasteiger partial charge in [-0.25, -0.2) is 0 Å². The number of nitrogens with two attached hydrogens (primary N) is 2. The highest BCUT2D eigenvalue weighted by atomic mass is 16.5. The fraction of sp³-hybridized carbons (Fsp3) is 0.308. The van der Waals surface area contributed by atoms with Gasteiger partial charge in [0.05, 0.1) is 11.5 Å². The summed E-state index contributed by atoms with van der Waals surface area (Å²) >= 11 is 0. The molecular weight excluding hydrogens is 216 g/mol. The Balaban J connectivity index is 2.52. The van der Waals surface area contributed by atoms with Crippen LogP contribution in [0.25, 0.3) is 0 Å². The average Bonchev–Trinajstić information content (AvgIpc) is 2.49. The summed E-state index contributed by atoms with van der Waals surface area (Å²) in [6.45, 7) is 3.79. The normalized spacial score (nSPS) is 22.4. The first-order valence-corrected chi connectivity index (χ1v) is 5.47. The van der Waals surface area contributed by atoms with E-state index in [1.165, 1.54) is 0 Å². The number of ether oxygens (including phenoxy) is 1. The Morgan fingerprint density at radius 1 is 1.29 bits per heavy atom. The van der Waals surface area contributed by atoms with Crippen LogP contribution >= 0.6 is 0 Å². The van der Waals surface area contributed by atoms with E-state index in [1.807, 2.05) is 44.2 Å². The highest BCUT2D eigenvalue weighted by Crippen LogP contribution is 2.44. The molecule has 0 aromatic heterocycles. The minimum atomic E-state index is -0.560. The Hall–Kier alpha value is -1.97. The average molecular weight is 232 g/mol. The van der Waals surface area contributed by atoms with Crippen molar-refractivity contribution in [2.45, 2.75) is 25.4 Å². The SMILES string of the molecule is CC1(C)OC(N)=C(C(N)=O)C1c1ccccc1. The molecule has 0 aliphatic carbocycles. The molecule has 90 valence electrons. The van der Waals surface area contributed by atoms with Gasteiger partial charge >= 0.3 is 0 Å². The molecule has 1 aliphatic rings. The number of benzene rings is 1. The zero-order chi connectivity index (χ0) is 12.6. The van der Waals surface area contributed by atoms with Crippen LogP contribution in [0.1, 0.15) is 25.3 Å². The molecule has 4 heteroatoms. The number of carbonyl (C=O) groups is 1. The van der Waals surface area contributed by atoms with Crippen LogP contribution in [0, 0.1) is 0 Å². The van der Waals surface area contributed by atoms with Gasteiger partial charge in [-0.05, 0) is 19.4 Å². The van der Waals surface area contributed by atoms with Gasteiger partial charge in [-0.15, -0.1) is 0 Å². The summed E-state index contributed by atoms with van der Waals surface area (Å²) in [7, 11) is 0. The van der Waals surface area contributed by atoms with Gasteiger partial charge in [0, 0.05) is 0 Å². The van der Waals surface area contributed by atoms with Gasteiger partial charge in [0.25, 0.3) is 5.91 Å². The highest BCUT2D eigenvalue weighted by molar-refractivity contribution is 5.94. The van der Waals surface area contributed by atoms with Crippen LogP contribution in [0.2, 0.25) is 0 Å². The van der Waals surface area contributed by atoms with Crippen molar-refractivity contribution in [3.63, 3.8) is 0 Å². The number of hydrogen-bond acceptors (Lipinski definition) is 3. The standard InChI is InChI=1S/C13H16N2O2/c1-13(2)10(8-6-4-3-5-7-8)9(11(14)16)12(15)17-13/h3-7,10H,15H2,1-2H3,(H2,14,16). The van der Waals surface area contributed by atoms with E-state index in [2.05, 4.69) is 0 Å². The first-order valence-electron chi connectivity index (χ1n) is 5.47. The molecule has 1 unspecified atom stereocenters. The highest BCUT2D eigenvalue weighted by Gasteiger charge is 2.45. The van der Waals surface area contributed by atoms with Crippen molar-refractivity contribution in [3.8, 4) is 0 Å². The second-order valence-corrected chi connectivity index (χ2v) is 4.69. The minimum Gasteiger partial charge on any atom is -0.472 e. The number of rotatable bonds is 2. The summed E-state index contributed by atoms with van der Waals surface area (Å²) in [6.07, 6.45) is 0. The topological polar surface area (TPSA) is 78.3 Å². The van der Waals surface area contributed by atoms with Crippen LogP contribution in [0.15, 0.2) is 41.8 Å². The van der Waals surface area contributed by atoms with Crippen LogP contribution in [-0.2, 0) is 9.53 Å². The lowest BCUT2D eigenvalue weighted by molar-refractivity contribution is -0.114. The van der Waals surface area contributed by atoms with E-state index in [0.29, 0.717) is 5.57 Å². The van der Waals surface area contributed by atoms with Crippen molar-refractivity contribution in [1.82, 2.24) is 0 Å². The maximum atomic E-state index is 11.5. The lowest BCUT2D eigenvalue weighted by atomic mass is 9.80. The van der Waals surface area contributed by atoms with Crippen molar-refractivity contribution in [2.75, 3.05) is 0 Å². The third-order valence-corrected chi connectivity index (χ3v) is 3.02. The zero-order valence-corrected chi connectivity index (χ0v) is 9.94. The van der Waals surface area contributed by atoms with Crippen molar-refractivity contribution >= 4 is 5.91 Å². The second kappa shape index (κ2) is 3.80. The molecule has 0 bridgehead atoms. The van der Waals surface area contributed by atoms with Crippen LogP contribution in [0.3, 0.4) is 0 Å². The smallest absolute Gasteiger partial charge is 0.250 e. The van der Waals surface area contributed by atoms with E-state index in [4.69, 9.17) is 16.2 Å². The van der Waals surface area contributed by atoms with Gasteiger partial charge in [0.1, 0.15) is 5.60 Å². The van der Waals surface area contributed by atoms with Gasteiger partial charge < -0.3 is 16.2 Å². The zero-order valence-electron chi connectivity index (χ0n) is 9.94. The molecule has 4 N–H and O–H groups in total. The van der Waals surface area contributed by atoms with E-state index in [9.17, 15) is 4.79 Å². The molecule has 0 fully saturated rings. The predicted octanol–water partition coefficient (Wildman–Crippen LogP) is 1.23. The van der Waals surface area contributed by atoms with Gasteiger partial charge in [-0.2, -0.15) is 0 Å². The quantitative estimate of drug-likeness (QED) is 0.805. The monoisotopic (exact) mass is 232 g/mol. The maximum Gasteiger partial charge on any atom is 0.250 e.